The number of likely N-dealkylation sites (tertiary alicyclic amines) is 2. The molecule has 0 radical (unpaired) electrons. The molecular formula is C18H35N3O2. The van der Waals surface area contributed by atoms with Crippen LogP contribution in [-0.4, -0.2) is 67.3 Å². The summed E-state index contributed by atoms with van der Waals surface area (Å²) < 4.78 is 5.46. The summed E-state index contributed by atoms with van der Waals surface area (Å²) in [6, 6.07) is 0.670. The highest BCUT2D eigenvalue weighted by atomic mass is 16.6. The molecule has 134 valence electrons. The van der Waals surface area contributed by atoms with E-state index >= 15 is 0 Å². The predicted molar refractivity (Wildman–Crippen MR) is 93.7 cm³/mol. The summed E-state index contributed by atoms with van der Waals surface area (Å²) in [5.74, 6) is 0.690. The third kappa shape index (κ3) is 6.68. The van der Waals surface area contributed by atoms with Gasteiger partial charge in [-0.2, -0.15) is 0 Å². The summed E-state index contributed by atoms with van der Waals surface area (Å²) in [4.78, 5) is 16.4. The van der Waals surface area contributed by atoms with Gasteiger partial charge in [-0.25, -0.2) is 4.79 Å². The van der Waals surface area contributed by atoms with E-state index in [9.17, 15) is 4.79 Å². The number of hydrogen-bond acceptors (Lipinski definition) is 4. The fraction of sp³-hybridized carbons (Fsp3) is 0.944. The Morgan fingerprint density at radius 3 is 2.43 bits per heavy atom. The van der Waals surface area contributed by atoms with Crippen molar-refractivity contribution in [2.75, 3.05) is 39.8 Å². The van der Waals surface area contributed by atoms with Gasteiger partial charge in [-0.3, -0.25) is 0 Å². The highest BCUT2D eigenvalue weighted by Crippen LogP contribution is 2.20. The van der Waals surface area contributed by atoms with E-state index in [-0.39, 0.29) is 6.09 Å². The number of nitrogens with one attached hydrogen (secondary N) is 1. The van der Waals surface area contributed by atoms with Crippen molar-refractivity contribution < 1.29 is 9.53 Å². The molecule has 1 unspecified atom stereocenters. The Labute approximate surface area is 141 Å². The molecule has 5 nitrogen and oxygen atoms in total. The quantitative estimate of drug-likeness (QED) is 0.866. The maximum atomic E-state index is 12.1. The number of carbonyl (C=O) groups is 1. The molecule has 2 fully saturated rings. The van der Waals surface area contributed by atoms with Gasteiger partial charge in [-0.05, 0) is 85.5 Å². The molecule has 2 rings (SSSR count). The Hall–Kier alpha value is -0.810. The van der Waals surface area contributed by atoms with Crippen molar-refractivity contribution in [2.24, 2.45) is 5.92 Å². The third-order valence-electron chi connectivity index (χ3n) is 4.91. The largest absolute Gasteiger partial charge is 0.444 e. The van der Waals surface area contributed by atoms with Crippen LogP contribution in [0.15, 0.2) is 0 Å². The molecule has 2 aliphatic rings. The summed E-state index contributed by atoms with van der Waals surface area (Å²) >= 11 is 0. The van der Waals surface area contributed by atoms with Gasteiger partial charge in [0, 0.05) is 19.1 Å². The second-order valence-electron chi connectivity index (χ2n) is 8.25. The Balaban J connectivity index is 1.65. The van der Waals surface area contributed by atoms with Crippen molar-refractivity contribution in [3.63, 3.8) is 0 Å². The van der Waals surface area contributed by atoms with E-state index in [0.717, 1.165) is 32.5 Å². The first-order valence-electron chi connectivity index (χ1n) is 9.23. The van der Waals surface area contributed by atoms with E-state index in [1.165, 1.54) is 32.4 Å². The first kappa shape index (κ1) is 18.5. The van der Waals surface area contributed by atoms with Crippen molar-refractivity contribution in [3.8, 4) is 0 Å². The molecule has 0 saturated carbocycles. The lowest BCUT2D eigenvalue weighted by atomic mass is 9.96. The third-order valence-corrected chi connectivity index (χ3v) is 4.91. The summed E-state index contributed by atoms with van der Waals surface area (Å²) in [6.07, 6.45) is 5.85. The molecule has 2 heterocycles. The molecule has 23 heavy (non-hydrogen) atoms. The Bertz CT molecular complexity index is 373. The van der Waals surface area contributed by atoms with Crippen LogP contribution in [0.5, 0.6) is 0 Å². The molecular weight excluding hydrogens is 290 g/mol. The van der Waals surface area contributed by atoms with Crippen molar-refractivity contribution in [1.82, 2.24) is 15.1 Å². The van der Waals surface area contributed by atoms with Crippen LogP contribution >= 0.6 is 0 Å². The van der Waals surface area contributed by atoms with Gasteiger partial charge in [0.05, 0.1) is 0 Å². The van der Waals surface area contributed by atoms with Crippen molar-refractivity contribution in [1.29, 1.82) is 0 Å². The monoisotopic (exact) mass is 325 g/mol. The second-order valence-corrected chi connectivity index (χ2v) is 8.25. The zero-order valence-corrected chi connectivity index (χ0v) is 15.4. The Kier molecular flexibility index (Phi) is 6.72. The number of amides is 1. The molecule has 0 aromatic carbocycles. The molecule has 2 aliphatic heterocycles. The van der Waals surface area contributed by atoms with Gasteiger partial charge < -0.3 is 19.9 Å². The molecule has 0 aliphatic carbocycles. The van der Waals surface area contributed by atoms with Gasteiger partial charge >= 0.3 is 6.09 Å². The molecule has 5 heteroatoms. The lowest BCUT2D eigenvalue weighted by molar-refractivity contribution is 0.0183. The normalized spacial score (nSPS) is 25.2. The van der Waals surface area contributed by atoms with Crippen LogP contribution in [0.2, 0.25) is 0 Å². The van der Waals surface area contributed by atoms with Crippen LogP contribution in [0.25, 0.3) is 0 Å². The summed E-state index contributed by atoms with van der Waals surface area (Å²) in [6.45, 7) is 10.9. The molecule has 1 atom stereocenters. The number of carbonyl (C=O) groups excluding carboxylic acids is 1. The zero-order valence-electron chi connectivity index (χ0n) is 15.4. The Morgan fingerprint density at radius 2 is 1.78 bits per heavy atom. The van der Waals surface area contributed by atoms with Crippen LogP contribution in [0.4, 0.5) is 4.79 Å². The number of hydrogen-bond donors (Lipinski definition) is 1. The van der Waals surface area contributed by atoms with Crippen molar-refractivity contribution in [2.45, 2.75) is 64.5 Å². The lowest BCUT2D eigenvalue weighted by Gasteiger charge is -2.34. The fourth-order valence-electron chi connectivity index (χ4n) is 3.42. The van der Waals surface area contributed by atoms with Crippen LogP contribution in [-0.2, 0) is 4.74 Å². The van der Waals surface area contributed by atoms with Gasteiger partial charge in [-0.1, -0.05) is 0 Å². The summed E-state index contributed by atoms with van der Waals surface area (Å²) in [5.41, 5.74) is -0.401. The summed E-state index contributed by atoms with van der Waals surface area (Å²) in [7, 11) is 2.22. The highest BCUT2D eigenvalue weighted by molar-refractivity contribution is 5.68. The zero-order chi connectivity index (χ0) is 16.9. The van der Waals surface area contributed by atoms with E-state index in [4.69, 9.17) is 4.74 Å². The maximum Gasteiger partial charge on any atom is 0.410 e. The van der Waals surface area contributed by atoms with Gasteiger partial charge in [-0.15, -0.1) is 0 Å². The van der Waals surface area contributed by atoms with Gasteiger partial charge in [0.15, 0.2) is 0 Å². The molecule has 1 N–H and O–H groups in total. The van der Waals surface area contributed by atoms with Gasteiger partial charge in [0.2, 0.25) is 0 Å². The molecule has 0 bridgehead atoms. The van der Waals surface area contributed by atoms with Crippen molar-refractivity contribution in [3.05, 3.63) is 0 Å². The molecule has 0 spiro atoms. The number of rotatable bonds is 3. The number of ether oxygens (including phenoxy) is 1. The van der Waals surface area contributed by atoms with Crippen LogP contribution in [0.3, 0.4) is 0 Å². The average molecular weight is 325 g/mol. The SMILES string of the molecule is CN1CCCC(NCC2CCN(C(=O)OC(C)(C)C)CC2)CC1. The number of piperidine rings is 1. The maximum absolute atomic E-state index is 12.1. The minimum Gasteiger partial charge on any atom is -0.444 e. The van der Waals surface area contributed by atoms with Crippen LogP contribution in [0, 0.1) is 5.92 Å². The molecule has 1 amide bonds. The average Bonchev–Trinajstić information content (AvgIpc) is 2.68. The minimum absolute atomic E-state index is 0.157. The molecule has 2 saturated heterocycles. The summed E-state index contributed by atoms with van der Waals surface area (Å²) in [5, 5.41) is 3.77. The highest BCUT2D eigenvalue weighted by Gasteiger charge is 2.27. The molecule has 0 aromatic rings. The first-order valence-corrected chi connectivity index (χ1v) is 9.23. The minimum atomic E-state index is -0.401. The van der Waals surface area contributed by atoms with Gasteiger partial charge in [0.1, 0.15) is 5.60 Å². The standard InChI is InChI=1S/C18H35N3O2/c1-18(2,3)23-17(22)21-12-7-15(8-13-21)14-19-16-6-5-10-20(4)11-9-16/h15-16,19H,5-14H2,1-4H3. The van der Waals surface area contributed by atoms with E-state index in [1.807, 2.05) is 25.7 Å². The topological polar surface area (TPSA) is 44.8 Å². The first-order chi connectivity index (χ1) is 10.8. The van der Waals surface area contributed by atoms with Gasteiger partial charge in [0.25, 0.3) is 0 Å². The van der Waals surface area contributed by atoms with Crippen LogP contribution in [0.1, 0.15) is 52.9 Å². The Morgan fingerprint density at radius 1 is 1.09 bits per heavy atom. The predicted octanol–water partition coefficient (Wildman–Crippen LogP) is 2.71. The smallest absolute Gasteiger partial charge is 0.410 e. The van der Waals surface area contributed by atoms with E-state index < -0.39 is 5.60 Å². The van der Waals surface area contributed by atoms with E-state index in [2.05, 4.69) is 17.3 Å². The number of nitrogens with zero attached hydrogens (tertiary/aromatic N) is 2. The second kappa shape index (κ2) is 8.34. The lowest BCUT2D eigenvalue weighted by Crippen LogP contribution is -2.44. The van der Waals surface area contributed by atoms with E-state index in [1.54, 1.807) is 0 Å². The fourth-order valence-corrected chi connectivity index (χ4v) is 3.42. The van der Waals surface area contributed by atoms with Crippen molar-refractivity contribution >= 4 is 6.09 Å². The van der Waals surface area contributed by atoms with Crippen LogP contribution < -0.4 is 5.32 Å². The molecule has 0 aromatic heterocycles. The van der Waals surface area contributed by atoms with E-state index in [0.29, 0.717) is 12.0 Å².